The quantitative estimate of drug-likeness (QED) is 0.900. The van der Waals surface area contributed by atoms with Gasteiger partial charge in [-0.25, -0.2) is 0 Å². The molecule has 0 fully saturated rings. The summed E-state index contributed by atoms with van der Waals surface area (Å²) in [6, 6.07) is 5.22. The molecule has 116 valence electrons. The molecule has 2 rings (SSSR count). The number of hydrogen-bond donors (Lipinski definition) is 1. The number of carbonyl (C=O) groups excluding carboxylic acids is 1. The molecule has 1 aromatic heterocycles. The number of benzene rings is 1. The minimum absolute atomic E-state index is 0.0441. The van der Waals surface area contributed by atoms with Crippen molar-refractivity contribution >= 4 is 52.5 Å². The second kappa shape index (κ2) is 6.41. The first-order chi connectivity index (χ1) is 10.2. The maximum absolute atomic E-state index is 12.0. The summed E-state index contributed by atoms with van der Waals surface area (Å²) in [4.78, 5) is 26.7. The van der Waals surface area contributed by atoms with Gasteiger partial charge in [0, 0.05) is 11.5 Å². The molecule has 0 saturated carbocycles. The third kappa shape index (κ3) is 3.88. The van der Waals surface area contributed by atoms with E-state index in [0.717, 1.165) is 0 Å². The van der Waals surface area contributed by atoms with E-state index >= 15 is 0 Å². The molecule has 0 saturated heterocycles. The van der Waals surface area contributed by atoms with E-state index in [2.05, 4.69) is 4.98 Å². The number of halogens is 2. The van der Waals surface area contributed by atoms with Crippen LogP contribution in [0.4, 0.5) is 0 Å². The van der Waals surface area contributed by atoms with Crippen LogP contribution in [0.5, 0.6) is 0 Å². The Morgan fingerprint density at radius 2 is 1.95 bits per heavy atom. The van der Waals surface area contributed by atoms with Crippen molar-refractivity contribution in [3.63, 3.8) is 0 Å². The Kier molecular flexibility index (Phi) is 4.95. The molecule has 2 aromatic rings. The van der Waals surface area contributed by atoms with Crippen molar-refractivity contribution in [3.8, 4) is 0 Å². The van der Waals surface area contributed by atoms with Gasteiger partial charge in [0.05, 0.1) is 19.2 Å². The number of aromatic amines is 1. The first-order valence-corrected chi connectivity index (χ1v) is 8.17. The number of aromatic nitrogens is 1. The number of ketones is 1. The van der Waals surface area contributed by atoms with Gasteiger partial charge in [-0.2, -0.15) is 0 Å². The standard InChI is InChI=1S/C16H15Cl2NO2S/c1-16(2,3)12(20)8-13-19-15(21)11(22-13)7-9-5-4-6-10(17)14(9)18/h4-8H,1-3H3,(H,19,21). The monoisotopic (exact) mass is 355 g/mol. The van der Waals surface area contributed by atoms with Gasteiger partial charge in [0.25, 0.3) is 5.56 Å². The van der Waals surface area contributed by atoms with Gasteiger partial charge in [0.15, 0.2) is 5.78 Å². The molecule has 0 amide bonds. The first kappa shape index (κ1) is 17.0. The number of rotatable bonds is 2. The highest BCUT2D eigenvalue weighted by Crippen LogP contribution is 2.25. The molecule has 0 bridgehead atoms. The van der Waals surface area contributed by atoms with Crippen LogP contribution in [-0.4, -0.2) is 10.8 Å². The fourth-order valence-electron chi connectivity index (χ4n) is 1.63. The lowest BCUT2D eigenvalue weighted by Gasteiger charge is -2.12. The Labute approximate surface area is 141 Å². The fraction of sp³-hybridized carbons (Fsp3) is 0.250. The van der Waals surface area contributed by atoms with Crippen molar-refractivity contribution in [1.82, 2.24) is 4.98 Å². The van der Waals surface area contributed by atoms with Gasteiger partial charge >= 0.3 is 0 Å². The minimum atomic E-state index is -0.485. The van der Waals surface area contributed by atoms with Crippen molar-refractivity contribution in [2.24, 2.45) is 5.41 Å². The van der Waals surface area contributed by atoms with Crippen LogP contribution in [0.25, 0.3) is 12.2 Å². The predicted octanol–water partition coefficient (Wildman–Crippen LogP) is 2.97. The van der Waals surface area contributed by atoms with Gasteiger partial charge in [-0.3, -0.25) is 9.59 Å². The maximum atomic E-state index is 12.0. The summed E-state index contributed by atoms with van der Waals surface area (Å²) in [5.74, 6) is -0.0441. The third-order valence-corrected chi connectivity index (χ3v) is 4.75. The second-order valence-electron chi connectivity index (χ2n) is 5.83. The average Bonchev–Trinajstić information content (AvgIpc) is 2.74. The highest BCUT2D eigenvalue weighted by molar-refractivity contribution is 7.07. The van der Waals surface area contributed by atoms with Gasteiger partial charge in [-0.1, -0.05) is 56.1 Å². The Morgan fingerprint density at radius 1 is 1.27 bits per heavy atom. The lowest BCUT2D eigenvalue weighted by Crippen LogP contribution is -2.22. The van der Waals surface area contributed by atoms with Crippen molar-refractivity contribution in [2.75, 3.05) is 0 Å². The summed E-state index contributed by atoms with van der Waals surface area (Å²) in [6.07, 6.45) is 3.12. The van der Waals surface area contributed by atoms with E-state index in [1.165, 1.54) is 17.4 Å². The minimum Gasteiger partial charge on any atom is -0.313 e. The van der Waals surface area contributed by atoms with Crippen LogP contribution in [-0.2, 0) is 4.79 Å². The van der Waals surface area contributed by atoms with Crippen LogP contribution >= 0.6 is 34.5 Å². The molecule has 0 spiro atoms. The fourth-order valence-corrected chi connectivity index (χ4v) is 2.87. The third-order valence-electron chi connectivity index (χ3n) is 2.95. The lowest BCUT2D eigenvalue weighted by molar-refractivity contribution is -0.119. The van der Waals surface area contributed by atoms with E-state index in [-0.39, 0.29) is 11.3 Å². The molecule has 1 aromatic carbocycles. The average molecular weight is 356 g/mol. The molecule has 0 aliphatic heterocycles. The number of carbonyl (C=O) groups is 1. The summed E-state index contributed by atoms with van der Waals surface area (Å²) in [5.41, 5.74) is -0.0784. The van der Waals surface area contributed by atoms with Crippen molar-refractivity contribution < 1.29 is 4.79 Å². The lowest BCUT2D eigenvalue weighted by atomic mass is 9.91. The first-order valence-electron chi connectivity index (χ1n) is 6.59. The van der Waals surface area contributed by atoms with Crippen LogP contribution in [0.2, 0.25) is 10.0 Å². The van der Waals surface area contributed by atoms with E-state index in [1.807, 2.05) is 20.8 Å². The van der Waals surface area contributed by atoms with E-state index < -0.39 is 5.41 Å². The summed E-state index contributed by atoms with van der Waals surface area (Å²) in [7, 11) is 0. The highest BCUT2D eigenvalue weighted by Gasteiger charge is 2.18. The normalized spacial score (nSPS) is 13.7. The molecule has 0 radical (unpaired) electrons. The predicted molar refractivity (Wildman–Crippen MR) is 93.1 cm³/mol. The van der Waals surface area contributed by atoms with Gasteiger partial charge in [-0.05, 0) is 17.7 Å². The Bertz CT molecular complexity index is 888. The zero-order valence-corrected chi connectivity index (χ0v) is 14.7. The largest absolute Gasteiger partial charge is 0.313 e. The molecule has 6 heteroatoms. The van der Waals surface area contributed by atoms with Crippen molar-refractivity contribution in [3.05, 3.63) is 53.4 Å². The van der Waals surface area contributed by atoms with Gasteiger partial charge in [-0.15, -0.1) is 11.3 Å². The number of hydrogen-bond acceptors (Lipinski definition) is 3. The summed E-state index contributed by atoms with van der Waals surface area (Å²) in [5, 5.41) is 0.825. The van der Waals surface area contributed by atoms with Crippen LogP contribution in [0, 0.1) is 5.41 Å². The number of thiazole rings is 1. The Morgan fingerprint density at radius 3 is 2.59 bits per heavy atom. The van der Waals surface area contributed by atoms with E-state index in [4.69, 9.17) is 23.2 Å². The molecule has 0 unspecified atom stereocenters. The smallest absolute Gasteiger partial charge is 0.266 e. The molecule has 22 heavy (non-hydrogen) atoms. The maximum Gasteiger partial charge on any atom is 0.266 e. The molecule has 0 atom stereocenters. The highest BCUT2D eigenvalue weighted by atomic mass is 35.5. The van der Waals surface area contributed by atoms with Crippen molar-refractivity contribution in [1.29, 1.82) is 0 Å². The van der Waals surface area contributed by atoms with Crippen LogP contribution in [0.15, 0.2) is 23.0 Å². The van der Waals surface area contributed by atoms with E-state index in [9.17, 15) is 9.59 Å². The molecule has 0 aliphatic rings. The number of nitrogens with one attached hydrogen (secondary N) is 1. The second-order valence-corrected chi connectivity index (χ2v) is 7.70. The van der Waals surface area contributed by atoms with Crippen LogP contribution in [0.1, 0.15) is 26.3 Å². The Hall–Kier alpha value is -1.36. The summed E-state index contributed by atoms with van der Waals surface area (Å²) >= 11 is 13.3. The SMILES string of the molecule is CC(C)(C)C(=O)C=c1[nH]c(=O)c(=Cc2cccc(Cl)c2Cl)s1. The van der Waals surface area contributed by atoms with Crippen molar-refractivity contribution in [2.45, 2.75) is 20.8 Å². The molecule has 0 aliphatic carbocycles. The Balaban J connectivity index is 2.54. The van der Waals surface area contributed by atoms with Gasteiger partial charge in [0.1, 0.15) is 0 Å². The molecule has 3 nitrogen and oxygen atoms in total. The number of Topliss-reactive ketones (excluding diaryl/α,β-unsaturated/α-hetero) is 1. The topological polar surface area (TPSA) is 49.9 Å². The van der Waals surface area contributed by atoms with Gasteiger partial charge < -0.3 is 4.98 Å². The molecule has 1 heterocycles. The van der Waals surface area contributed by atoms with E-state index in [0.29, 0.717) is 24.8 Å². The summed E-state index contributed by atoms with van der Waals surface area (Å²) in [6.45, 7) is 5.49. The van der Waals surface area contributed by atoms with Crippen LogP contribution < -0.4 is 14.8 Å². The molecule has 1 N–H and O–H groups in total. The zero-order valence-electron chi connectivity index (χ0n) is 12.4. The van der Waals surface area contributed by atoms with E-state index in [1.54, 1.807) is 24.3 Å². The molecular weight excluding hydrogens is 341 g/mol. The zero-order chi connectivity index (χ0) is 16.5. The number of H-pyrrole nitrogens is 1. The van der Waals surface area contributed by atoms with Gasteiger partial charge in [0.2, 0.25) is 0 Å². The summed E-state index contributed by atoms with van der Waals surface area (Å²) < 4.78 is 0.992. The van der Waals surface area contributed by atoms with Crippen LogP contribution in [0.3, 0.4) is 0 Å². The molecular formula is C16H15Cl2NO2S.